The molecule has 0 aromatic heterocycles. The van der Waals surface area contributed by atoms with E-state index in [1.54, 1.807) is 7.05 Å². The molecule has 4 rings (SSSR count). The highest BCUT2D eigenvalue weighted by Crippen LogP contribution is 2.41. The number of carbonyl (C=O) groups is 1. The minimum absolute atomic E-state index is 0.132. The lowest BCUT2D eigenvalue weighted by Gasteiger charge is -2.29. The van der Waals surface area contributed by atoms with Gasteiger partial charge in [-0.1, -0.05) is 34.1 Å². The molecule has 1 fully saturated rings. The van der Waals surface area contributed by atoms with Gasteiger partial charge >= 0.3 is 0 Å². The summed E-state index contributed by atoms with van der Waals surface area (Å²) in [6.07, 6.45) is 0. The molecular weight excluding hydrogens is 404 g/mol. The Kier molecular flexibility index (Phi) is 3.92. The summed E-state index contributed by atoms with van der Waals surface area (Å²) in [5, 5.41) is 3.61. The summed E-state index contributed by atoms with van der Waals surface area (Å²) < 4.78 is 12.2. The van der Waals surface area contributed by atoms with Crippen LogP contribution in [0.4, 0.5) is 0 Å². The van der Waals surface area contributed by atoms with Crippen molar-refractivity contribution >= 4 is 39.2 Å². The maximum Gasteiger partial charge on any atom is 0.263 e. The van der Waals surface area contributed by atoms with Gasteiger partial charge in [-0.25, -0.2) is 0 Å². The number of nitrogens with one attached hydrogen (secondary N) is 1. The van der Waals surface area contributed by atoms with Crippen molar-refractivity contribution in [3.05, 3.63) is 58.1 Å². The first-order valence-corrected chi connectivity index (χ1v) is 8.99. The Balaban J connectivity index is 1.93. The predicted octanol–water partition coefficient (Wildman–Crippen LogP) is 2.81. The molecule has 1 unspecified atom stereocenters. The highest BCUT2D eigenvalue weighted by atomic mass is 79.9. The molecule has 1 N–H and O–H groups in total. The van der Waals surface area contributed by atoms with Crippen molar-refractivity contribution in [2.75, 3.05) is 20.3 Å². The molecule has 2 heterocycles. The molecule has 5 nitrogen and oxygen atoms in total. The molecule has 2 aromatic carbocycles. The van der Waals surface area contributed by atoms with Crippen molar-refractivity contribution in [1.82, 2.24) is 10.2 Å². The number of amides is 1. The lowest BCUT2D eigenvalue weighted by Crippen LogP contribution is -2.45. The van der Waals surface area contributed by atoms with Gasteiger partial charge in [0.25, 0.3) is 5.91 Å². The molecule has 7 heteroatoms. The maximum absolute atomic E-state index is 13.2. The van der Waals surface area contributed by atoms with Gasteiger partial charge in [0.15, 0.2) is 22.2 Å². The summed E-state index contributed by atoms with van der Waals surface area (Å²) in [7, 11) is 1.68. The number of benzene rings is 2. The zero-order valence-corrected chi connectivity index (χ0v) is 15.8. The van der Waals surface area contributed by atoms with Gasteiger partial charge in [-0.2, -0.15) is 0 Å². The Morgan fingerprint density at radius 1 is 1.12 bits per heavy atom. The Bertz CT molecular complexity index is 888. The monoisotopic (exact) mass is 418 g/mol. The van der Waals surface area contributed by atoms with Gasteiger partial charge in [0.1, 0.15) is 13.2 Å². The van der Waals surface area contributed by atoms with Crippen LogP contribution >= 0.6 is 28.1 Å². The smallest absolute Gasteiger partial charge is 0.263 e. The van der Waals surface area contributed by atoms with Gasteiger partial charge < -0.3 is 14.8 Å². The fraction of sp³-hybridized carbons (Fsp3) is 0.222. The third kappa shape index (κ3) is 2.49. The maximum atomic E-state index is 13.2. The van der Waals surface area contributed by atoms with E-state index in [1.165, 1.54) is 4.90 Å². The van der Waals surface area contributed by atoms with Crippen LogP contribution in [0.15, 0.2) is 46.9 Å². The molecule has 128 valence electrons. The first kappa shape index (κ1) is 16.4. The normalized spacial score (nSPS) is 22.1. The number of thiocarbonyl (C=S) groups is 1. The average Bonchev–Trinajstić information content (AvgIpc) is 2.86. The quantitative estimate of drug-likeness (QED) is 0.759. The predicted molar refractivity (Wildman–Crippen MR) is 101 cm³/mol. The van der Waals surface area contributed by atoms with Gasteiger partial charge in [0, 0.05) is 11.5 Å². The minimum Gasteiger partial charge on any atom is -0.486 e. The molecule has 2 aromatic rings. The number of nitrogens with zero attached hydrogens (tertiary/aromatic N) is 1. The molecular formula is C18H15BrN2O3S. The Labute approximate surface area is 159 Å². The van der Waals surface area contributed by atoms with Crippen LogP contribution < -0.4 is 14.8 Å². The van der Waals surface area contributed by atoms with E-state index in [-0.39, 0.29) is 5.91 Å². The number of fused-ring (bicyclic) bond motifs is 1. The lowest BCUT2D eigenvalue weighted by molar-refractivity contribution is -0.129. The van der Waals surface area contributed by atoms with Crippen LogP contribution in [-0.4, -0.2) is 36.2 Å². The van der Waals surface area contributed by atoms with E-state index in [4.69, 9.17) is 21.7 Å². The molecule has 1 saturated heterocycles. The number of ether oxygens (including phenoxy) is 2. The standard InChI is InChI=1S/C18H15BrN2O3S/c1-21-16(22)18(20-17(21)25,11-3-2-4-13(19)9-11)12-5-6-14-15(10-12)24-8-7-23-14/h2-6,9-10H,7-8H2,1H3,(H,20,25). The Morgan fingerprint density at radius 3 is 2.52 bits per heavy atom. The van der Waals surface area contributed by atoms with Crippen molar-refractivity contribution in [1.29, 1.82) is 0 Å². The van der Waals surface area contributed by atoms with Crippen molar-refractivity contribution in [3.8, 4) is 11.5 Å². The van der Waals surface area contributed by atoms with Crippen molar-refractivity contribution in [2.45, 2.75) is 5.54 Å². The molecule has 2 aliphatic rings. The highest BCUT2D eigenvalue weighted by molar-refractivity contribution is 9.10. The number of carbonyl (C=O) groups excluding carboxylic acids is 1. The third-order valence-corrected chi connectivity index (χ3v) is 5.33. The van der Waals surface area contributed by atoms with E-state index in [0.29, 0.717) is 29.8 Å². The van der Waals surface area contributed by atoms with E-state index in [2.05, 4.69) is 21.2 Å². The van der Waals surface area contributed by atoms with Crippen LogP contribution in [0, 0.1) is 0 Å². The summed E-state index contributed by atoms with van der Waals surface area (Å²) in [4.78, 5) is 14.7. The molecule has 0 bridgehead atoms. The summed E-state index contributed by atoms with van der Waals surface area (Å²) in [5.41, 5.74) is 0.465. The summed E-state index contributed by atoms with van der Waals surface area (Å²) in [6.45, 7) is 1.01. The fourth-order valence-electron chi connectivity index (χ4n) is 3.20. The van der Waals surface area contributed by atoms with E-state index in [1.807, 2.05) is 42.5 Å². The summed E-state index contributed by atoms with van der Waals surface area (Å²) in [6, 6.07) is 13.2. The number of hydrogen-bond acceptors (Lipinski definition) is 4. The second-order valence-corrected chi connectivity index (χ2v) is 7.22. The number of likely N-dealkylation sites (N-methyl/N-ethyl adjacent to an activating group) is 1. The Hall–Kier alpha value is -2.12. The zero-order valence-electron chi connectivity index (χ0n) is 13.4. The topological polar surface area (TPSA) is 50.8 Å². The average molecular weight is 419 g/mol. The number of rotatable bonds is 2. The number of hydrogen-bond donors (Lipinski definition) is 1. The molecule has 2 aliphatic heterocycles. The highest BCUT2D eigenvalue weighted by Gasteiger charge is 2.51. The molecule has 0 aliphatic carbocycles. The molecule has 1 atom stereocenters. The second-order valence-electron chi connectivity index (χ2n) is 5.91. The molecule has 0 spiro atoms. The fourth-order valence-corrected chi connectivity index (χ4v) is 3.83. The summed E-state index contributed by atoms with van der Waals surface area (Å²) >= 11 is 8.83. The van der Waals surface area contributed by atoms with Gasteiger partial charge in [-0.15, -0.1) is 0 Å². The largest absolute Gasteiger partial charge is 0.486 e. The van der Waals surface area contributed by atoms with Crippen LogP contribution in [0.1, 0.15) is 11.1 Å². The van der Waals surface area contributed by atoms with Crippen LogP contribution in [0.3, 0.4) is 0 Å². The second kappa shape index (κ2) is 6.00. The van der Waals surface area contributed by atoms with Gasteiger partial charge in [-0.05, 0) is 47.6 Å². The lowest BCUT2D eigenvalue weighted by atomic mass is 9.82. The molecule has 0 saturated carbocycles. The van der Waals surface area contributed by atoms with Crippen molar-refractivity contribution in [3.63, 3.8) is 0 Å². The van der Waals surface area contributed by atoms with E-state index in [0.717, 1.165) is 15.6 Å². The van der Waals surface area contributed by atoms with Crippen LogP contribution in [0.2, 0.25) is 0 Å². The SMILES string of the molecule is CN1C(=O)C(c2cccc(Br)c2)(c2ccc3c(c2)OCCO3)NC1=S. The van der Waals surface area contributed by atoms with E-state index < -0.39 is 5.54 Å². The van der Waals surface area contributed by atoms with Gasteiger partial charge in [0.2, 0.25) is 0 Å². The zero-order chi connectivity index (χ0) is 17.6. The van der Waals surface area contributed by atoms with Gasteiger partial charge in [-0.3, -0.25) is 9.69 Å². The molecule has 25 heavy (non-hydrogen) atoms. The van der Waals surface area contributed by atoms with Crippen LogP contribution in [0.25, 0.3) is 0 Å². The molecule has 0 radical (unpaired) electrons. The Morgan fingerprint density at radius 2 is 1.84 bits per heavy atom. The molecule has 1 amide bonds. The van der Waals surface area contributed by atoms with E-state index in [9.17, 15) is 4.79 Å². The van der Waals surface area contributed by atoms with Crippen LogP contribution in [-0.2, 0) is 10.3 Å². The number of halogens is 1. The first-order chi connectivity index (χ1) is 12.0. The first-order valence-electron chi connectivity index (χ1n) is 7.79. The van der Waals surface area contributed by atoms with Crippen LogP contribution in [0.5, 0.6) is 11.5 Å². The van der Waals surface area contributed by atoms with Crippen molar-refractivity contribution < 1.29 is 14.3 Å². The van der Waals surface area contributed by atoms with Crippen molar-refractivity contribution in [2.24, 2.45) is 0 Å². The minimum atomic E-state index is -1.09. The third-order valence-electron chi connectivity index (χ3n) is 4.46. The van der Waals surface area contributed by atoms with Gasteiger partial charge in [0.05, 0.1) is 0 Å². The van der Waals surface area contributed by atoms with E-state index >= 15 is 0 Å². The summed E-state index contributed by atoms with van der Waals surface area (Å²) in [5.74, 6) is 1.18.